The van der Waals surface area contributed by atoms with E-state index in [9.17, 15) is 4.79 Å². The minimum Gasteiger partial charge on any atom is -0.369 e. The van der Waals surface area contributed by atoms with Gasteiger partial charge in [-0.15, -0.1) is 5.10 Å². The van der Waals surface area contributed by atoms with Crippen molar-refractivity contribution in [2.75, 3.05) is 5.32 Å². The largest absolute Gasteiger partial charge is 0.369 e. The average Bonchev–Trinajstić information content (AvgIpc) is 2.80. The monoisotopic (exact) mass is 293 g/mol. The summed E-state index contributed by atoms with van der Waals surface area (Å²) in [6.45, 7) is 0. The van der Waals surface area contributed by atoms with Crippen LogP contribution in [-0.2, 0) is 4.79 Å². The van der Waals surface area contributed by atoms with Gasteiger partial charge < -0.3 is 11.1 Å². The Balaban J connectivity index is 1.66. The number of carbonyl (C=O) groups is 1. The van der Waals surface area contributed by atoms with E-state index in [2.05, 4.69) is 15.4 Å². The summed E-state index contributed by atoms with van der Waals surface area (Å²) in [4.78, 5) is 15.5. The molecule has 0 radical (unpaired) electrons. The van der Waals surface area contributed by atoms with Gasteiger partial charge in [0.15, 0.2) is 5.65 Å². The van der Waals surface area contributed by atoms with Crippen LogP contribution >= 0.6 is 11.6 Å². The molecule has 2 heterocycles. The first-order chi connectivity index (χ1) is 9.61. The molecule has 1 aliphatic carbocycles. The van der Waals surface area contributed by atoms with E-state index in [1.165, 1.54) is 0 Å². The van der Waals surface area contributed by atoms with Crippen LogP contribution in [0.15, 0.2) is 18.3 Å². The molecule has 1 fully saturated rings. The highest BCUT2D eigenvalue weighted by Gasteiger charge is 2.25. The Morgan fingerprint density at radius 2 is 2.10 bits per heavy atom. The molecule has 1 saturated carbocycles. The summed E-state index contributed by atoms with van der Waals surface area (Å²) in [5, 5.41) is 8.27. The molecule has 7 heteroatoms. The van der Waals surface area contributed by atoms with Gasteiger partial charge in [0.05, 0.1) is 5.02 Å². The maximum absolute atomic E-state index is 11.1. The second-order valence-electron chi connectivity index (χ2n) is 5.18. The van der Waals surface area contributed by atoms with Crippen LogP contribution < -0.4 is 11.1 Å². The van der Waals surface area contributed by atoms with E-state index in [1.54, 1.807) is 16.8 Å². The lowest BCUT2D eigenvalue weighted by Gasteiger charge is -2.26. The average molecular weight is 294 g/mol. The molecule has 2 aromatic rings. The normalized spacial score (nSPS) is 22.9. The number of aromatic nitrogens is 3. The Labute approximate surface area is 121 Å². The zero-order valence-corrected chi connectivity index (χ0v) is 11.7. The Hall–Kier alpha value is -1.82. The van der Waals surface area contributed by atoms with Crippen LogP contribution in [0.25, 0.3) is 5.65 Å². The quantitative estimate of drug-likeness (QED) is 0.904. The van der Waals surface area contributed by atoms with E-state index in [0.29, 0.717) is 17.0 Å². The van der Waals surface area contributed by atoms with E-state index < -0.39 is 0 Å². The number of amides is 1. The van der Waals surface area contributed by atoms with Crippen molar-refractivity contribution in [2.24, 2.45) is 11.7 Å². The van der Waals surface area contributed by atoms with Crippen LogP contribution in [0.5, 0.6) is 0 Å². The molecule has 0 unspecified atom stereocenters. The minimum absolute atomic E-state index is 0.0147. The highest BCUT2D eigenvalue weighted by atomic mass is 35.5. The van der Waals surface area contributed by atoms with Gasteiger partial charge in [-0.1, -0.05) is 11.6 Å². The number of nitrogens with one attached hydrogen (secondary N) is 1. The molecule has 0 bridgehead atoms. The molecule has 2 aromatic heterocycles. The summed E-state index contributed by atoms with van der Waals surface area (Å²) >= 11 is 5.91. The van der Waals surface area contributed by atoms with Crippen molar-refractivity contribution in [3.63, 3.8) is 0 Å². The molecule has 106 valence electrons. The van der Waals surface area contributed by atoms with Crippen molar-refractivity contribution in [1.29, 1.82) is 0 Å². The number of rotatable bonds is 3. The fourth-order valence-electron chi connectivity index (χ4n) is 2.62. The third-order valence-corrected chi connectivity index (χ3v) is 3.98. The van der Waals surface area contributed by atoms with Crippen molar-refractivity contribution in [1.82, 2.24) is 14.6 Å². The number of nitrogens with zero attached hydrogens (tertiary/aromatic N) is 3. The first-order valence-electron chi connectivity index (χ1n) is 6.69. The zero-order chi connectivity index (χ0) is 14.1. The van der Waals surface area contributed by atoms with Crippen molar-refractivity contribution in [3.8, 4) is 0 Å². The maximum atomic E-state index is 11.1. The van der Waals surface area contributed by atoms with Crippen LogP contribution in [0.3, 0.4) is 0 Å². The molecule has 3 rings (SSSR count). The number of primary amides is 1. The van der Waals surface area contributed by atoms with E-state index in [1.807, 2.05) is 6.07 Å². The fraction of sp³-hybridized carbons (Fsp3) is 0.462. The standard InChI is InChI=1S/C13H16ClN5O/c14-9-3-6-11-17-13(18-19(11)7-9)16-10-4-1-8(2-5-10)12(15)20/h3,6-8,10H,1-2,4-5H2,(H2,15,20)(H,16,18). The molecular weight excluding hydrogens is 278 g/mol. The summed E-state index contributed by atoms with van der Waals surface area (Å²) in [7, 11) is 0. The summed E-state index contributed by atoms with van der Waals surface area (Å²) in [6.07, 6.45) is 5.19. The van der Waals surface area contributed by atoms with Gasteiger partial charge in [-0.05, 0) is 37.8 Å². The molecule has 0 atom stereocenters. The Kier molecular flexibility index (Phi) is 3.48. The predicted octanol–water partition coefficient (Wildman–Crippen LogP) is 1.84. The van der Waals surface area contributed by atoms with E-state index in [0.717, 1.165) is 31.3 Å². The number of nitrogens with two attached hydrogens (primary N) is 1. The van der Waals surface area contributed by atoms with Crippen molar-refractivity contribution < 1.29 is 4.79 Å². The molecule has 1 aliphatic rings. The summed E-state index contributed by atoms with van der Waals surface area (Å²) in [5.74, 6) is 0.416. The third-order valence-electron chi connectivity index (χ3n) is 3.76. The van der Waals surface area contributed by atoms with Gasteiger partial charge in [0.2, 0.25) is 11.9 Å². The van der Waals surface area contributed by atoms with Gasteiger partial charge in [-0.2, -0.15) is 4.98 Å². The molecule has 6 nitrogen and oxygen atoms in total. The van der Waals surface area contributed by atoms with Gasteiger partial charge in [-0.3, -0.25) is 4.79 Å². The number of anilines is 1. The first-order valence-corrected chi connectivity index (χ1v) is 7.07. The molecule has 0 spiro atoms. The van der Waals surface area contributed by atoms with Crippen LogP contribution in [-0.4, -0.2) is 26.5 Å². The second-order valence-corrected chi connectivity index (χ2v) is 5.62. The predicted molar refractivity (Wildman–Crippen MR) is 76.6 cm³/mol. The summed E-state index contributed by atoms with van der Waals surface area (Å²) in [5.41, 5.74) is 6.08. The van der Waals surface area contributed by atoms with Crippen molar-refractivity contribution in [2.45, 2.75) is 31.7 Å². The van der Waals surface area contributed by atoms with Crippen molar-refractivity contribution >= 4 is 29.1 Å². The Morgan fingerprint density at radius 1 is 1.35 bits per heavy atom. The van der Waals surface area contributed by atoms with Gasteiger partial charge in [0.25, 0.3) is 0 Å². The number of fused-ring (bicyclic) bond motifs is 1. The lowest BCUT2D eigenvalue weighted by atomic mass is 9.86. The molecule has 0 aliphatic heterocycles. The molecular formula is C13H16ClN5O. The first kappa shape index (κ1) is 13.2. The minimum atomic E-state index is -0.191. The Bertz CT molecular complexity index is 633. The van der Waals surface area contributed by atoms with Crippen LogP contribution in [0.2, 0.25) is 5.02 Å². The van der Waals surface area contributed by atoms with Crippen LogP contribution in [0.4, 0.5) is 5.95 Å². The van der Waals surface area contributed by atoms with Crippen molar-refractivity contribution in [3.05, 3.63) is 23.4 Å². The fourth-order valence-corrected chi connectivity index (χ4v) is 2.78. The number of hydrogen-bond donors (Lipinski definition) is 2. The SMILES string of the molecule is NC(=O)C1CCC(Nc2nc3ccc(Cl)cn3n2)CC1. The number of pyridine rings is 1. The van der Waals surface area contributed by atoms with E-state index >= 15 is 0 Å². The molecule has 3 N–H and O–H groups in total. The lowest BCUT2D eigenvalue weighted by Crippen LogP contribution is -2.32. The lowest BCUT2D eigenvalue weighted by molar-refractivity contribution is -0.122. The van der Waals surface area contributed by atoms with Crippen LogP contribution in [0.1, 0.15) is 25.7 Å². The highest BCUT2D eigenvalue weighted by Crippen LogP contribution is 2.25. The number of hydrogen-bond acceptors (Lipinski definition) is 4. The van der Waals surface area contributed by atoms with Crippen LogP contribution in [0, 0.1) is 5.92 Å². The topological polar surface area (TPSA) is 85.3 Å². The smallest absolute Gasteiger partial charge is 0.243 e. The molecule has 20 heavy (non-hydrogen) atoms. The van der Waals surface area contributed by atoms with E-state index in [-0.39, 0.29) is 11.8 Å². The highest BCUT2D eigenvalue weighted by molar-refractivity contribution is 6.30. The molecule has 0 aromatic carbocycles. The maximum Gasteiger partial charge on any atom is 0.243 e. The number of carbonyl (C=O) groups excluding carboxylic acids is 1. The summed E-state index contributed by atoms with van der Waals surface area (Å²) < 4.78 is 1.65. The second kappa shape index (κ2) is 5.28. The Morgan fingerprint density at radius 3 is 2.80 bits per heavy atom. The van der Waals surface area contributed by atoms with E-state index in [4.69, 9.17) is 17.3 Å². The van der Waals surface area contributed by atoms with Gasteiger partial charge in [0, 0.05) is 18.2 Å². The van der Waals surface area contributed by atoms with Gasteiger partial charge in [0.1, 0.15) is 0 Å². The van der Waals surface area contributed by atoms with Gasteiger partial charge in [-0.25, -0.2) is 4.52 Å². The summed E-state index contributed by atoms with van der Waals surface area (Å²) in [6, 6.07) is 3.90. The molecule has 1 amide bonds. The van der Waals surface area contributed by atoms with Gasteiger partial charge >= 0.3 is 0 Å². The third kappa shape index (κ3) is 2.70. The number of halogens is 1. The molecule has 0 saturated heterocycles. The zero-order valence-electron chi connectivity index (χ0n) is 10.9.